The van der Waals surface area contributed by atoms with Crippen molar-refractivity contribution in [2.75, 3.05) is 26.4 Å². The van der Waals surface area contributed by atoms with Crippen molar-refractivity contribution in [3.05, 3.63) is 109 Å². The number of unbranched alkanes of at least 4 members (excludes halogenated alkanes) is 17. The standard InChI is InChI=1S/C62H103O11P/c1-4-7-10-13-16-19-22-25-27-28-29-30-32-35-38-41-44-47-50-53-62(66)73-59(55-69-60(64)51-48-45-42-39-36-34-31-26-23-20-17-14-11-8-5-2)57-71-74(67,68)70-56-58(54-63)72-61(65)52-49-46-43-40-37-33-24-21-18-15-12-9-6-3/h8,11-12,15-17,19-21,24-27,29-31,36,39,58-59,63H,4-7,9-10,13-14,18,22-23,28,32-35,37-38,40-57H2,1-3H3,(H,67,68)/b11-8-,15-12-,19-16-,20-17-,24-21-,27-25-,30-29-,31-26-,39-36-. The van der Waals surface area contributed by atoms with Crippen molar-refractivity contribution in [2.45, 2.75) is 238 Å². The van der Waals surface area contributed by atoms with Gasteiger partial charge in [-0.3, -0.25) is 23.4 Å². The molecule has 0 fully saturated rings. The van der Waals surface area contributed by atoms with Gasteiger partial charge in [-0.05, 0) is 122 Å². The summed E-state index contributed by atoms with van der Waals surface area (Å²) >= 11 is 0. The van der Waals surface area contributed by atoms with E-state index < -0.39 is 57.8 Å². The summed E-state index contributed by atoms with van der Waals surface area (Å²) in [7, 11) is -4.77. The van der Waals surface area contributed by atoms with Gasteiger partial charge in [0.1, 0.15) is 12.7 Å². The monoisotopic (exact) mass is 1050 g/mol. The fourth-order valence-electron chi connectivity index (χ4n) is 7.27. The van der Waals surface area contributed by atoms with Gasteiger partial charge in [0.25, 0.3) is 0 Å². The van der Waals surface area contributed by atoms with Gasteiger partial charge >= 0.3 is 25.7 Å². The molecule has 0 saturated carbocycles. The molecule has 0 aromatic heterocycles. The van der Waals surface area contributed by atoms with Crippen LogP contribution < -0.4 is 0 Å². The molecule has 2 N–H and O–H groups in total. The maximum Gasteiger partial charge on any atom is 0.472 e. The highest BCUT2D eigenvalue weighted by molar-refractivity contribution is 7.47. The first-order chi connectivity index (χ1) is 36.2. The van der Waals surface area contributed by atoms with E-state index in [1.165, 1.54) is 25.7 Å². The first kappa shape index (κ1) is 70.1. The van der Waals surface area contributed by atoms with E-state index >= 15 is 0 Å². The number of rotatable bonds is 52. The molecule has 0 aromatic carbocycles. The minimum Gasteiger partial charge on any atom is -0.462 e. The zero-order valence-electron chi connectivity index (χ0n) is 46.5. The number of phosphoric ester groups is 1. The van der Waals surface area contributed by atoms with Gasteiger partial charge in [-0.15, -0.1) is 0 Å². The second-order valence-electron chi connectivity index (χ2n) is 18.7. The molecular weight excluding hydrogens is 952 g/mol. The third-order valence-electron chi connectivity index (χ3n) is 11.6. The summed E-state index contributed by atoms with van der Waals surface area (Å²) in [5, 5.41) is 9.80. The smallest absolute Gasteiger partial charge is 0.462 e. The first-order valence-electron chi connectivity index (χ1n) is 28.8. The minimum atomic E-state index is -4.77. The predicted molar refractivity (Wildman–Crippen MR) is 307 cm³/mol. The van der Waals surface area contributed by atoms with E-state index in [4.69, 9.17) is 23.3 Å². The lowest BCUT2D eigenvalue weighted by molar-refractivity contribution is -0.161. The Balaban J connectivity index is 4.83. The van der Waals surface area contributed by atoms with E-state index in [9.17, 15) is 28.9 Å². The number of carbonyl (C=O) groups excluding carboxylic acids is 3. The van der Waals surface area contributed by atoms with Gasteiger partial charge < -0.3 is 24.2 Å². The molecule has 0 aliphatic rings. The van der Waals surface area contributed by atoms with Gasteiger partial charge in [-0.1, -0.05) is 194 Å². The zero-order valence-corrected chi connectivity index (χ0v) is 47.4. The Labute approximate surface area is 450 Å². The average molecular weight is 1060 g/mol. The van der Waals surface area contributed by atoms with Gasteiger partial charge in [0, 0.05) is 19.3 Å². The van der Waals surface area contributed by atoms with Gasteiger partial charge in [-0.25, -0.2) is 4.57 Å². The molecule has 422 valence electrons. The Bertz CT molecular complexity index is 1660. The van der Waals surface area contributed by atoms with Crippen molar-refractivity contribution in [1.29, 1.82) is 0 Å². The van der Waals surface area contributed by atoms with Gasteiger partial charge in [-0.2, -0.15) is 0 Å². The number of phosphoric acid groups is 1. The van der Waals surface area contributed by atoms with Crippen LogP contribution in [0.15, 0.2) is 109 Å². The van der Waals surface area contributed by atoms with E-state index in [-0.39, 0.29) is 25.9 Å². The molecule has 11 nitrogen and oxygen atoms in total. The molecule has 0 aliphatic heterocycles. The Hall–Kier alpha value is -3.86. The topological polar surface area (TPSA) is 155 Å². The lowest BCUT2D eigenvalue weighted by Gasteiger charge is -2.21. The molecule has 0 amide bonds. The molecule has 0 aromatic rings. The molecule has 12 heteroatoms. The summed E-state index contributed by atoms with van der Waals surface area (Å²) in [6.45, 7) is 4.35. The summed E-state index contributed by atoms with van der Waals surface area (Å²) < 4.78 is 39.4. The van der Waals surface area contributed by atoms with Crippen LogP contribution in [0.1, 0.15) is 226 Å². The van der Waals surface area contributed by atoms with Crippen LogP contribution in [0, 0.1) is 0 Å². The number of hydrogen-bond donors (Lipinski definition) is 2. The van der Waals surface area contributed by atoms with Crippen LogP contribution in [0.3, 0.4) is 0 Å². The van der Waals surface area contributed by atoms with Crippen LogP contribution in [-0.4, -0.2) is 66.5 Å². The number of aliphatic hydroxyl groups is 1. The van der Waals surface area contributed by atoms with Crippen LogP contribution in [0.4, 0.5) is 0 Å². The van der Waals surface area contributed by atoms with E-state index in [1.54, 1.807) is 0 Å². The molecule has 3 atom stereocenters. The predicted octanol–water partition coefficient (Wildman–Crippen LogP) is 17.0. The Morgan fingerprint density at radius 1 is 0.392 bits per heavy atom. The SMILES string of the molecule is CC/C=C\C/C=C\C/C=C\C/C=C\CCCCC(=O)OCC(COP(=O)(O)OCC(CO)OC(=O)CCCCCCC/C=C\C/C=C\CCC)OC(=O)CCCCCCCC/C=C\C/C=C\C/C=C\CCCCC. The summed E-state index contributed by atoms with van der Waals surface area (Å²) in [6, 6.07) is 0. The van der Waals surface area contributed by atoms with Crippen molar-refractivity contribution in [1.82, 2.24) is 0 Å². The lowest BCUT2D eigenvalue weighted by atomic mass is 10.1. The van der Waals surface area contributed by atoms with Crippen LogP contribution in [0.2, 0.25) is 0 Å². The molecule has 3 unspecified atom stereocenters. The number of esters is 3. The van der Waals surface area contributed by atoms with Gasteiger partial charge in [0.2, 0.25) is 0 Å². The summed E-state index contributed by atoms with van der Waals surface area (Å²) in [5.41, 5.74) is 0. The maximum absolute atomic E-state index is 12.9. The minimum absolute atomic E-state index is 0.137. The second-order valence-corrected chi connectivity index (χ2v) is 20.2. The maximum atomic E-state index is 12.9. The van der Waals surface area contributed by atoms with E-state index in [1.807, 2.05) is 0 Å². The van der Waals surface area contributed by atoms with Crippen molar-refractivity contribution < 1.29 is 52.2 Å². The Kier molecular flexibility index (Phi) is 52.5. The third-order valence-corrected chi connectivity index (χ3v) is 12.6. The first-order valence-corrected chi connectivity index (χ1v) is 30.3. The van der Waals surface area contributed by atoms with Crippen LogP contribution in [0.25, 0.3) is 0 Å². The quantitative estimate of drug-likeness (QED) is 0.0197. The van der Waals surface area contributed by atoms with Crippen LogP contribution in [0.5, 0.6) is 0 Å². The second kappa shape index (κ2) is 55.4. The average Bonchev–Trinajstić information content (AvgIpc) is 3.39. The van der Waals surface area contributed by atoms with E-state index in [0.717, 1.165) is 141 Å². The summed E-state index contributed by atoms with van der Waals surface area (Å²) in [6.07, 6.45) is 66.2. The van der Waals surface area contributed by atoms with Crippen molar-refractivity contribution >= 4 is 25.7 Å². The highest BCUT2D eigenvalue weighted by Crippen LogP contribution is 2.43. The molecule has 0 heterocycles. The summed E-state index contributed by atoms with van der Waals surface area (Å²) in [5.74, 6) is -1.55. The fraction of sp³-hybridized carbons (Fsp3) is 0.661. The van der Waals surface area contributed by atoms with E-state index in [2.05, 4.69) is 130 Å². The van der Waals surface area contributed by atoms with Crippen molar-refractivity contribution in [3.8, 4) is 0 Å². The number of allylic oxidation sites excluding steroid dienone is 18. The van der Waals surface area contributed by atoms with Crippen molar-refractivity contribution in [2.24, 2.45) is 0 Å². The largest absolute Gasteiger partial charge is 0.472 e. The number of carbonyl (C=O) groups is 3. The molecule has 74 heavy (non-hydrogen) atoms. The summed E-state index contributed by atoms with van der Waals surface area (Å²) in [4.78, 5) is 48.5. The lowest BCUT2D eigenvalue weighted by Crippen LogP contribution is -2.30. The Morgan fingerprint density at radius 2 is 0.730 bits per heavy atom. The van der Waals surface area contributed by atoms with Gasteiger partial charge in [0.05, 0.1) is 19.8 Å². The highest BCUT2D eigenvalue weighted by atomic mass is 31.2. The molecular formula is C62H103O11P. The molecule has 0 saturated heterocycles. The highest BCUT2D eigenvalue weighted by Gasteiger charge is 2.28. The van der Waals surface area contributed by atoms with Crippen LogP contribution >= 0.6 is 7.82 Å². The number of aliphatic hydroxyl groups excluding tert-OH is 1. The molecule has 0 aliphatic carbocycles. The zero-order chi connectivity index (χ0) is 54.1. The fourth-order valence-corrected chi connectivity index (χ4v) is 8.06. The Morgan fingerprint density at radius 3 is 1.16 bits per heavy atom. The van der Waals surface area contributed by atoms with E-state index in [0.29, 0.717) is 19.3 Å². The number of hydrogen-bond acceptors (Lipinski definition) is 10. The van der Waals surface area contributed by atoms with Crippen LogP contribution in [-0.2, 0) is 42.2 Å². The normalized spacial score (nSPS) is 14.2. The molecule has 0 rings (SSSR count). The molecule has 0 spiro atoms. The molecule has 0 radical (unpaired) electrons. The van der Waals surface area contributed by atoms with Crippen molar-refractivity contribution in [3.63, 3.8) is 0 Å². The molecule has 0 bridgehead atoms. The number of ether oxygens (including phenoxy) is 3. The third kappa shape index (κ3) is 53.0. The van der Waals surface area contributed by atoms with Gasteiger partial charge in [0.15, 0.2) is 6.10 Å².